The normalized spacial score (nSPS) is 11.9. The van der Waals surface area contributed by atoms with E-state index in [4.69, 9.17) is 9.47 Å². The molecule has 0 fully saturated rings. The molecule has 0 aliphatic heterocycles. The summed E-state index contributed by atoms with van der Waals surface area (Å²) in [6, 6.07) is 31.9. The van der Waals surface area contributed by atoms with Gasteiger partial charge in [0, 0.05) is 5.92 Å². The Balaban J connectivity index is 1.89. The van der Waals surface area contributed by atoms with Crippen LogP contribution in [0.2, 0.25) is 0 Å². The maximum Gasteiger partial charge on any atom is 0.161 e. The second-order valence-corrected chi connectivity index (χ2v) is 6.56. The number of ether oxygens (including phenoxy) is 2. The molecule has 0 aliphatic carbocycles. The van der Waals surface area contributed by atoms with Crippen LogP contribution in [0.4, 0.5) is 0 Å². The molecule has 27 heavy (non-hydrogen) atoms. The fraction of sp³-hybridized carbons (Fsp3) is 0.120. The number of hydrogen-bond donors (Lipinski definition) is 0. The van der Waals surface area contributed by atoms with Crippen molar-refractivity contribution in [3.05, 3.63) is 108 Å². The van der Waals surface area contributed by atoms with E-state index in [2.05, 4.69) is 84.9 Å². The Labute approximate surface area is 160 Å². The highest BCUT2D eigenvalue weighted by Gasteiger charge is 2.19. The molecule has 0 spiro atoms. The highest BCUT2D eigenvalue weighted by molar-refractivity contribution is 5.83. The number of fused-ring (bicyclic) bond motifs is 1. The lowest BCUT2D eigenvalue weighted by atomic mass is 9.84. The summed E-state index contributed by atoms with van der Waals surface area (Å²) in [7, 11) is 3.34. The summed E-state index contributed by atoms with van der Waals surface area (Å²) in [4.78, 5) is 0. The monoisotopic (exact) mass is 354 g/mol. The summed E-state index contributed by atoms with van der Waals surface area (Å²) in [5, 5.41) is 2.50. The highest BCUT2D eigenvalue weighted by atomic mass is 16.5. The van der Waals surface area contributed by atoms with Gasteiger partial charge >= 0.3 is 0 Å². The minimum Gasteiger partial charge on any atom is -0.493 e. The van der Waals surface area contributed by atoms with Crippen molar-refractivity contribution in [2.24, 2.45) is 0 Å². The van der Waals surface area contributed by atoms with E-state index in [1.807, 2.05) is 6.07 Å². The molecular weight excluding hydrogens is 332 g/mol. The van der Waals surface area contributed by atoms with E-state index in [1.54, 1.807) is 14.2 Å². The molecule has 2 heteroatoms. The van der Waals surface area contributed by atoms with Gasteiger partial charge in [0.2, 0.25) is 0 Å². The Kier molecular flexibility index (Phi) is 4.80. The lowest BCUT2D eigenvalue weighted by Crippen LogP contribution is -2.04. The average molecular weight is 354 g/mol. The van der Waals surface area contributed by atoms with Crippen LogP contribution < -0.4 is 9.47 Å². The molecule has 0 amide bonds. The molecule has 0 radical (unpaired) electrons. The molecule has 4 rings (SSSR count). The van der Waals surface area contributed by atoms with E-state index in [0.29, 0.717) is 0 Å². The Morgan fingerprint density at radius 1 is 0.519 bits per heavy atom. The molecule has 0 aromatic heterocycles. The molecule has 2 nitrogen and oxygen atoms in total. The number of rotatable bonds is 5. The van der Waals surface area contributed by atoms with E-state index < -0.39 is 0 Å². The number of methoxy groups -OCH3 is 2. The van der Waals surface area contributed by atoms with Crippen LogP contribution in [0.25, 0.3) is 10.8 Å². The quantitative estimate of drug-likeness (QED) is 0.407. The highest BCUT2D eigenvalue weighted by Crippen LogP contribution is 2.37. The predicted octanol–water partition coefficient (Wildman–Crippen LogP) is 6.04. The van der Waals surface area contributed by atoms with Crippen LogP contribution in [-0.4, -0.2) is 14.2 Å². The third kappa shape index (κ3) is 3.39. The third-order valence-electron chi connectivity index (χ3n) is 4.98. The summed E-state index contributed by atoms with van der Waals surface area (Å²) in [5.74, 6) is 1.61. The third-order valence-corrected chi connectivity index (χ3v) is 4.98. The SMILES string of the molecule is COc1ccc([C@H](c2ccccc2)c2ccc3ccccc3c2)cc1OC. The smallest absolute Gasteiger partial charge is 0.161 e. The zero-order valence-electron chi connectivity index (χ0n) is 15.6. The standard InChI is InChI=1S/C25H22O2/c1-26-23-15-14-22(17-24(23)27-2)25(19-9-4-3-5-10-19)21-13-12-18-8-6-7-11-20(18)16-21/h3-17,25H,1-2H3/t25-/m1/s1. The van der Waals surface area contributed by atoms with Gasteiger partial charge in [0.05, 0.1) is 14.2 Å². The van der Waals surface area contributed by atoms with Crippen LogP contribution in [0.15, 0.2) is 91.0 Å². The molecular formula is C25H22O2. The van der Waals surface area contributed by atoms with E-state index in [-0.39, 0.29) is 5.92 Å². The molecule has 0 N–H and O–H groups in total. The van der Waals surface area contributed by atoms with E-state index >= 15 is 0 Å². The number of hydrogen-bond acceptors (Lipinski definition) is 2. The Bertz CT molecular complexity index is 1050. The van der Waals surface area contributed by atoms with Gasteiger partial charge in [-0.2, -0.15) is 0 Å². The molecule has 0 saturated carbocycles. The van der Waals surface area contributed by atoms with Crippen molar-refractivity contribution in [1.29, 1.82) is 0 Å². The summed E-state index contributed by atoms with van der Waals surface area (Å²) in [6.45, 7) is 0. The van der Waals surface area contributed by atoms with Crippen molar-refractivity contribution >= 4 is 10.8 Å². The molecule has 0 heterocycles. The van der Waals surface area contributed by atoms with Crippen molar-refractivity contribution in [2.45, 2.75) is 5.92 Å². The summed E-state index contributed by atoms with van der Waals surface area (Å²) >= 11 is 0. The van der Waals surface area contributed by atoms with E-state index in [9.17, 15) is 0 Å². The van der Waals surface area contributed by atoms with E-state index in [0.717, 1.165) is 11.5 Å². The largest absolute Gasteiger partial charge is 0.493 e. The van der Waals surface area contributed by atoms with Crippen LogP contribution in [0.5, 0.6) is 11.5 Å². The van der Waals surface area contributed by atoms with Crippen LogP contribution in [-0.2, 0) is 0 Å². The van der Waals surface area contributed by atoms with Crippen molar-refractivity contribution in [2.75, 3.05) is 14.2 Å². The Hall–Kier alpha value is -3.26. The van der Waals surface area contributed by atoms with Crippen LogP contribution >= 0.6 is 0 Å². The summed E-state index contributed by atoms with van der Waals surface area (Å²) < 4.78 is 11.0. The van der Waals surface area contributed by atoms with Crippen molar-refractivity contribution in [3.8, 4) is 11.5 Å². The second-order valence-electron chi connectivity index (χ2n) is 6.56. The van der Waals surface area contributed by atoms with Crippen molar-refractivity contribution < 1.29 is 9.47 Å². The minimum atomic E-state index is 0.121. The fourth-order valence-electron chi connectivity index (χ4n) is 3.64. The van der Waals surface area contributed by atoms with Gasteiger partial charge < -0.3 is 9.47 Å². The topological polar surface area (TPSA) is 18.5 Å². The van der Waals surface area contributed by atoms with Crippen LogP contribution in [0.3, 0.4) is 0 Å². The first kappa shape index (κ1) is 17.2. The van der Waals surface area contributed by atoms with Gasteiger partial charge in [0.1, 0.15) is 0 Å². The van der Waals surface area contributed by atoms with Crippen LogP contribution in [0, 0.1) is 0 Å². The first-order valence-corrected chi connectivity index (χ1v) is 9.05. The molecule has 1 atom stereocenters. The molecule has 0 unspecified atom stereocenters. The first-order chi connectivity index (χ1) is 13.3. The lowest BCUT2D eigenvalue weighted by Gasteiger charge is -2.21. The first-order valence-electron chi connectivity index (χ1n) is 9.05. The average Bonchev–Trinajstić information content (AvgIpc) is 2.74. The Morgan fingerprint density at radius 3 is 1.89 bits per heavy atom. The van der Waals surface area contributed by atoms with Gasteiger partial charge in [-0.1, -0.05) is 78.9 Å². The molecule has 4 aromatic carbocycles. The molecule has 4 aromatic rings. The minimum absolute atomic E-state index is 0.121. The van der Waals surface area contributed by atoms with Gasteiger partial charge in [-0.3, -0.25) is 0 Å². The Morgan fingerprint density at radius 2 is 1.15 bits per heavy atom. The maximum atomic E-state index is 5.54. The molecule has 0 bridgehead atoms. The maximum absolute atomic E-state index is 5.54. The van der Waals surface area contributed by atoms with Gasteiger partial charge in [-0.05, 0) is 39.6 Å². The van der Waals surface area contributed by atoms with Crippen molar-refractivity contribution in [1.82, 2.24) is 0 Å². The predicted molar refractivity (Wildman–Crippen MR) is 111 cm³/mol. The van der Waals surface area contributed by atoms with Crippen molar-refractivity contribution in [3.63, 3.8) is 0 Å². The fourth-order valence-corrected chi connectivity index (χ4v) is 3.64. The van der Waals surface area contributed by atoms with Gasteiger partial charge in [0.25, 0.3) is 0 Å². The zero-order valence-corrected chi connectivity index (χ0v) is 15.6. The van der Waals surface area contributed by atoms with Gasteiger partial charge in [-0.15, -0.1) is 0 Å². The van der Waals surface area contributed by atoms with Gasteiger partial charge in [-0.25, -0.2) is 0 Å². The molecule has 0 aliphatic rings. The molecule has 134 valence electrons. The second kappa shape index (κ2) is 7.55. The summed E-state index contributed by atoms with van der Waals surface area (Å²) in [5.41, 5.74) is 3.68. The van der Waals surface area contributed by atoms with Gasteiger partial charge in [0.15, 0.2) is 11.5 Å². The van der Waals surface area contributed by atoms with Crippen LogP contribution in [0.1, 0.15) is 22.6 Å². The molecule has 0 saturated heterocycles. The zero-order chi connectivity index (χ0) is 18.6. The van der Waals surface area contributed by atoms with E-state index in [1.165, 1.54) is 27.5 Å². The lowest BCUT2D eigenvalue weighted by molar-refractivity contribution is 0.354. The summed E-state index contributed by atoms with van der Waals surface area (Å²) in [6.07, 6.45) is 0. The number of benzene rings is 4.